The number of H-pyrrole nitrogens is 1. The molecule has 1 aromatic carbocycles. The maximum atomic E-state index is 13.4. The number of aromatic amines is 1. The van der Waals surface area contributed by atoms with Crippen LogP contribution >= 0.6 is 0 Å². The van der Waals surface area contributed by atoms with Gasteiger partial charge in [0.05, 0.1) is 0 Å². The van der Waals surface area contributed by atoms with E-state index in [0.717, 1.165) is 5.39 Å². The lowest BCUT2D eigenvalue weighted by Gasteiger charge is -1.95. The number of benzene rings is 1. The summed E-state index contributed by atoms with van der Waals surface area (Å²) in [6.07, 6.45) is 1.81. The minimum atomic E-state index is -0.159. The Morgan fingerprint density at radius 2 is 2.00 bits per heavy atom. The Kier molecular flexibility index (Phi) is 1.54. The Bertz CT molecular complexity index is 423. The molecule has 0 aliphatic rings. The lowest BCUT2D eigenvalue weighted by molar-refractivity contribution is -0.388. The van der Waals surface area contributed by atoms with Gasteiger partial charge < -0.3 is 0 Å². The molecule has 0 unspecified atom stereocenters. The van der Waals surface area contributed by atoms with Crippen molar-refractivity contribution in [1.82, 2.24) is 0 Å². The number of nitrogens with one attached hydrogen (secondary N) is 1. The van der Waals surface area contributed by atoms with Gasteiger partial charge in [0, 0.05) is 17.7 Å². The minimum Gasteiger partial charge on any atom is -0.212 e. The Balaban J connectivity index is 2.91. The first-order valence-electron chi connectivity index (χ1n) is 3.84. The van der Waals surface area contributed by atoms with Crippen molar-refractivity contribution in [1.29, 1.82) is 0 Å². The summed E-state index contributed by atoms with van der Waals surface area (Å²) in [6.45, 7) is 1.72. The van der Waals surface area contributed by atoms with E-state index in [4.69, 9.17) is 0 Å². The van der Waals surface area contributed by atoms with E-state index in [1.54, 1.807) is 13.0 Å². The fraction of sp³-hybridized carbons (Fsp3) is 0.100. The first kappa shape index (κ1) is 7.22. The SMILES string of the molecule is Cc1[nH+]cc2ccccc2c1F. The molecule has 0 aliphatic carbocycles. The van der Waals surface area contributed by atoms with Crippen molar-refractivity contribution in [3.63, 3.8) is 0 Å². The van der Waals surface area contributed by atoms with Gasteiger partial charge in [-0.2, -0.15) is 4.39 Å². The van der Waals surface area contributed by atoms with Crippen LogP contribution < -0.4 is 4.98 Å². The zero-order chi connectivity index (χ0) is 8.55. The first-order chi connectivity index (χ1) is 5.79. The largest absolute Gasteiger partial charge is 0.213 e. The van der Waals surface area contributed by atoms with Gasteiger partial charge in [-0.1, -0.05) is 18.2 Å². The van der Waals surface area contributed by atoms with Gasteiger partial charge in [0.15, 0.2) is 12.0 Å². The summed E-state index contributed by atoms with van der Waals surface area (Å²) >= 11 is 0. The number of hydrogen-bond donors (Lipinski definition) is 0. The van der Waals surface area contributed by atoms with Crippen LogP contribution in [0.3, 0.4) is 0 Å². The standard InChI is InChI=1S/C10H8FN/c1-7-10(11)9-5-3-2-4-8(9)6-12-7/h2-6H,1H3/p+1. The number of rotatable bonds is 0. The van der Waals surface area contributed by atoms with Crippen LogP contribution in [-0.2, 0) is 0 Å². The summed E-state index contributed by atoms with van der Waals surface area (Å²) in [7, 11) is 0. The zero-order valence-electron chi connectivity index (χ0n) is 6.76. The second-order valence-electron chi connectivity index (χ2n) is 2.81. The molecule has 2 heteroatoms. The van der Waals surface area contributed by atoms with Crippen molar-refractivity contribution >= 4 is 10.8 Å². The van der Waals surface area contributed by atoms with Crippen LogP contribution in [0.4, 0.5) is 4.39 Å². The van der Waals surface area contributed by atoms with Gasteiger partial charge in [0.1, 0.15) is 0 Å². The van der Waals surface area contributed by atoms with E-state index in [9.17, 15) is 4.39 Å². The summed E-state index contributed by atoms with van der Waals surface area (Å²) in [5.41, 5.74) is 0.578. The molecular weight excluding hydrogens is 153 g/mol. The third kappa shape index (κ3) is 0.961. The maximum Gasteiger partial charge on any atom is 0.213 e. The molecule has 1 N–H and O–H groups in total. The molecule has 2 aromatic rings. The highest BCUT2D eigenvalue weighted by atomic mass is 19.1. The van der Waals surface area contributed by atoms with Gasteiger partial charge in [0.2, 0.25) is 5.69 Å². The molecule has 60 valence electrons. The van der Waals surface area contributed by atoms with Crippen LogP contribution in [0.5, 0.6) is 0 Å². The third-order valence-electron chi connectivity index (χ3n) is 1.97. The van der Waals surface area contributed by atoms with Crippen molar-refractivity contribution in [3.8, 4) is 0 Å². The van der Waals surface area contributed by atoms with Crippen molar-refractivity contribution < 1.29 is 9.37 Å². The van der Waals surface area contributed by atoms with Crippen LogP contribution in [0.25, 0.3) is 10.8 Å². The molecule has 0 aliphatic heterocycles. The first-order valence-corrected chi connectivity index (χ1v) is 3.84. The van der Waals surface area contributed by atoms with Crippen LogP contribution in [0.1, 0.15) is 5.69 Å². The van der Waals surface area contributed by atoms with Crippen molar-refractivity contribution in [2.45, 2.75) is 6.92 Å². The van der Waals surface area contributed by atoms with E-state index in [1.165, 1.54) is 0 Å². The van der Waals surface area contributed by atoms with Gasteiger partial charge in [-0.3, -0.25) is 0 Å². The Morgan fingerprint density at radius 1 is 1.25 bits per heavy atom. The van der Waals surface area contributed by atoms with Crippen molar-refractivity contribution in [2.75, 3.05) is 0 Å². The summed E-state index contributed by atoms with van der Waals surface area (Å²) in [5.74, 6) is -0.159. The van der Waals surface area contributed by atoms with E-state index in [2.05, 4.69) is 4.98 Å². The second-order valence-corrected chi connectivity index (χ2v) is 2.81. The molecule has 0 fully saturated rings. The average Bonchev–Trinajstić information content (AvgIpc) is 2.12. The maximum absolute atomic E-state index is 13.4. The molecular formula is C10H9FN+. The van der Waals surface area contributed by atoms with Crippen molar-refractivity contribution in [2.24, 2.45) is 0 Å². The van der Waals surface area contributed by atoms with Crippen LogP contribution in [-0.4, -0.2) is 0 Å². The molecule has 0 radical (unpaired) electrons. The van der Waals surface area contributed by atoms with E-state index in [1.807, 2.05) is 24.4 Å². The molecule has 0 atom stereocenters. The zero-order valence-corrected chi connectivity index (χ0v) is 6.76. The number of halogens is 1. The normalized spacial score (nSPS) is 10.5. The molecule has 0 spiro atoms. The van der Waals surface area contributed by atoms with E-state index in [0.29, 0.717) is 11.1 Å². The Labute approximate surface area is 69.9 Å². The smallest absolute Gasteiger partial charge is 0.212 e. The van der Waals surface area contributed by atoms with Gasteiger partial charge in [-0.25, -0.2) is 4.98 Å². The van der Waals surface area contributed by atoms with Gasteiger partial charge in [0.25, 0.3) is 0 Å². The van der Waals surface area contributed by atoms with Crippen LogP contribution in [0.15, 0.2) is 30.5 Å². The molecule has 1 heterocycles. The predicted octanol–water partition coefficient (Wildman–Crippen LogP) is 2.10. The summed E-state index contributed by atoms with van der Waals surface area (Å²) in [6, 6.07) is 7.40. The topological polar surface area (TPSA) is 14.1 Å². The van der Waals surface area contributed by atoms with Gasteiger partial charge >= 0.3 is 0 Å². The Morgan fingerprint density at radius 3 is 2.83 bits per heavy atom. The van der Waals surface area contributed by atoms with E-state index < -0.39 is 0 Å². The fourth-order valence-electron chi connectivity index (χ4n) is 1.27. The minimum absolute atomic E-state index is 0.159. The highest BCUT2D eigenvalue weighted by Gasteiger charge is 2.08. The number of pyridine rings is 1. The third-order valence-corrected chi connectivity index (χ3v) is 1.97. The van der Waals surface area contributed by atoms with Crippen molar-refractivity contribution in [3.05, 3.63) is 42.0 Å². The molecule has 2 rings (SSSR count). The molecule has 0 amide bonds. The molecule has 12 heavy (non-hydrogen) atoms. The average molecular weight is 162 g/mol. The van der Waals surface area contributed by atoms with E-state index >= 15 is 0 Å². The van der Waals surface area contributed by atoms with Crippen LogP contribution in [0.2, 0.25) is 0 Å². The summed E-state index contributed by atoms with van der Waals surface area (Å²) in [5, 5.41) is 1.58. The number of aromatic nitrogens is 1. The second kappa shape index (κ2) is 2.55. The molecule has 0 bridgehead atoms. The Hall–Kier alpha value is -1.44. The monoisotopic (exact) mass is 162 g/mol. The summed E-state index contributed by atoms with van der Waals surface area (Å²) < 4.78 is 13.4. The predicted molar refractivity (Wildman–Crippen MR) is 45.2 cm³/mol. The van der Waals surface area contributed by atoms with E-state index in [-0.39, 0.29) is 5.82 Å². The molecule has 1 nitrogen and oxygen atoms in total. The quantitative estimate of drug-likeness (QED) is 0.563. The summed E-state index contributed by atoms with van der Waals surface area (Å²) in [4.78, 5) is 2.87. The lowest BCUT2D eigenvalue weighted by atomic mass is 10.1. The fourth-order valence-corrected chi connectivity index (χ4v) is 1.27. The van der Waals surface area contributed by atoms with Crippen LogP contribution in [0, 0.1) is 12.7 Å². The highest BCUT2D eigenvalue weighted by Crippen LogP contribution is 2.15. The highest BCUT2D eigenvalue weighted by molar-refractivity contribution is 5.81. The number of fused-ring (bicyclic) bond motifs is 1. The number of aryl methyl sites for hydroxylation is 1. The molecule has 1 aromatic heterocycles. The molecule has 0 saturated heterocycles. The van der Waals surface area contributed by atoms with Gasteiger partial charge in [-0.05, 0) is 6.07 Å². The molecule has 0 saturated carbocycles. The lowest BCUT2D eigenvalue weighted by Crippen LogP contribution is -2.08. The number of hydrogen-bond acceptors (Lipinski definition) is 0. The van der Waals surface area contributed by atoms with Gasteiger partial charge in [-0.15, -0.1) is 0 Å².